The van der Waals surface area contributed by atoms with Gasteiger partial charge in [0.05, 0.1) is 0 Å². The standard InChI is InChI=1S/C18H25BClNSi/c1-15(16-11-8-7-9-12-16)17-13-10-14-21(19(17)20)22(5,6)18(2,3)4/h7-14H,1H2,2-6H3. The van der Waals surface area contributed by atoms with Crippen molar-refractivity contribution in [3.8, 4) is 0 Å². The van der Waals surface area contributed by atoms with E-state index in [1.807, 2.05) is 18.2 Å². The number of benzene rings is 1. The topological polar surface area (TPSA) is 3.24 Å². The van der Waals surface area contributed by atoms with E-state index in [-0.39, 0.29) is 11.3 Å². The van der Waals surface area contributed by atoms with Crippen LogP contribution in [-0.2, 0) is 0 Å². The molecule has 0 saturated heterocycles. The van der Waals surface area contributed by atoms with E-state index in [4.69, 9.17) is 11.5 Å². The summed E-state index contributed by atoms with van der Waals surface area (Å²) >= 11 is 6.86. The van der Waals surface area contributed by atoms with Crippen molar-refractivity contribution in [1.29, 1.82) is 0 Å². The van der Waals surface area contributed by atoms with E-state index >= 15 is 0 Å². The van der Waals surface area contributed by atoms with Gasteiger partial charge in [-0.25, -0.2) is 0 Å². The maximum Gasteiger partial charge on any atom is 0.387 e. The minimum Gasteiger partial charge on any atom is -0.431 e. The zero-order chi connectivity index (χ0) is 16.5. The van der Waals surface area contributed by atoms with Gasteiger partial charge in [-0.15, -0.1) is 0 Å². The van der Waals surface area contributed by atoms with Crippen molar-refractivity contribution in [2.24, 2.45) is 0 Å². The summed E-state index contributed by atoms with van der Waals surface area (Å²) in [6, 6.07) is 10.3. The van der Waals surface area contributed by atoms with Crippen LogP contribution in [0.5, 0.6) is 0 Å². The molecule has 0 amide bonds. The molecule has 1 aliphatic heterocycles. The molecule has 0 radical (unpaired) electrons. The lowest BCUT2D eigenvalue weighted by atomic mass is 9.72. The molecule has 0 N–H and O–H groups in total. The lowest BCUT2D eigenvalue weighted by Crippen LogP contribution is -2.58. The highest BCUT2D eigenvalue weighted by Crippen LogP contribution is 2.42. The Labute approximate surface area is 141 Å². The number of nitrogens with zero attached hydrogens (tertiary/aromatic N) is 1. The fourth-order valence-corrected chi connectivity index (χ4v) is 5.39. The van der Waals surface area contributed by atoms with E-state index in [0.29, 0.717) is 0 Å². The largest absolute Gasteiger partial charge is 0.431 e. The lowest BCUT2D eigenvalue weighted by molar-refractivity contribution is 0.655. The Kier molecular flexibility index (Phi) is 4.79. The summed E-state index contributed by atoms with van der Waals surface area (Å²) in [6.45, 7) is 16.0. The molecule has 0 spiro atoms. The molecule has 1 aromatic carbocycles. The van der Waals surface area contributed by atoms with Crippen LogP contribution in [0.1, 0.15) is 26.3 Å². The van der Waals surface area contributed by atoms with Gasteiger partial charge in [0.15, 0.2) is 0 Å². The third-order valence-electron chi connectivity index (χ3n) is 4.97. The first-order valence-electron chi connectivity index (χ1n) is 7.72. The van der Waals surface area contributed by atoms with Crippen LogP contribution in [0.2, 0.25) is 18.1 Å². The Morgan fingerprint density at radius 1 is 1.18 bits per heavy atom. The molecule has 0 aromatic heterocycles. The summed E-state index contributed by atoms with van der Waals surface area (Å²) in [6.07, 6.45) is 6.19. The molecule has 0 aliphatic carbocycles. The Morgan fingerprint density at radius 3 is 2.32 bits per heavy atom. The monoisotopic (exact) mass is 329 g/mol. The molecule has 1 aliphatic rings. The van der Waals surface area contributed by atoms with Gasteiger partial charge in [-0.2, -0.15) is 11.5 Å². The molecule has 0 saturated carbocycles. The Hall–Kier alpha value is -1.19. The van der Waals surface area contributed by atoms with Gasteiger partial charge in [0.1, 0.15) is 8.24 Å². The van der Waals surface area contributed by atoms with E-state index in [1.165, 1.54) is 0 Å². The Bertz CT molecular complexity index is 614. The van der Waals surface area contributed by atoms with E-state index in [2.05, 4.69) is 75.4 Å². The van der Waals surface area contributed by atoms with Gasteiger partial charge in [-0.3, -0.25) is 0 Å². The number of rotatable bonds is 3. The number of halogens is 1. The molecule has 1 aromatic rings. The SMILES string of the molecule is C=C(C1=CC=CN([Si](C)(C)C(C)(C)C)B1Cl)c1ccccc1. The van der Waals surface area contributed by atoms with E-state index in [0.717, 1.165) is 16.6 Å². The third kappa shape index (κ3) is 3.11. The minimum atomic E-state index is -1.72. The van der Waals surface area contributed by atoms with Crippen LogP contribution < -0.4 is 0 Å². The van der Waals surface area contributed by atoms with E-state index < -0.39 is 8.24 Å². The average Bonchev–Trinajstić information content (AvgIpc) is 2.46. The zero-order valence-corrected chi connectivity index (χ0v) is 16.0. The van der Waals surface area contributed by atoms with E-state index in [1.54, 1.807) is 0 Å². The third-order valence-corrected chi connectivity index (χ3v) is 11.0. The van der Waals surface area contributed by atoms with Crippen molar-refractivity contribution in [2.75, 3.05) is 0 Å². The van der Waals surface area contributed by atoms with Crippen molar-refractivity contribution < 1.29 is 0 Å². The van der Waals surface area contributed by atoms with Gasteiger partial charge in [-0.05, 0) is 33.9 Å². The fourth-order valence-electron chi connectivity index (χ4n) is 2.45. The minimum absolute atomic E-state index is 0.154. The van der Waals surface area contributed by atoms with Gasteiger partial charge >= 0.3 is 6.26 Å². The molecule has 1 heterocycles. The molecule has 2 rings (SSSR count). The summed E-state index contributed by atoms with van der Waals surface area (Å²) in [5, 5.41) is 0.237. The maximum absolute atomic E-state index is 6.86. The first-order valence-corrected chi connectivity index (χ1v) is 11.1. The molecule has 0 fully saturated rings. The predicted molar refractivity (Wildman–Crippen MR) is 103 cm³/mol. The van der Waals surface area contributed by atoms with Crippen LogP contribution in [0.25, 0.3) is 5.57 Å². The van der Waals surface area contributed by atoms with E-state index in [9.17, 15) is 0 Å². The second-order valence-corrected chi connectivity index (χ2v) is 12.9. The highest BCUT2D eigenvalue weighted by atomic mass is 35.5. The molecular formula is C18H25BClNSi. The van der Waals surface area contributed by atoms with Crippen molar-refractivity contribution in [3.63, 3.8) is 0 Å². The highest BCUT2D eigenvalue weighted by Gasteiger charge is 2.45. The lowest BCUT2D eigenvalue weighted by Gasteiger charge is -2.48. The van der Waals surface area contributed by atoms with Crippen molar-refractivity contribution in [1.82, 2.24) is 4.48 Å². The van der Waals surface area contributed by atoms with Crippen LogP contribution in [0.4, 0.5) is 0 Å². The highest BCUT2D eigenvalue weighted by molar-refractivity contribution is 7.15. The number of allylic oxidation sites excluding steroid dienone is 4. The maximum atomic E-state index is 6.86. The smallest absolute Gasteiger partial charge is 0.387 e. The molecule has 22 heavy (non-hydrogen) atoms. The van der Waals surface area contributed by atoms with Gasteiger partial charge in [0.25, 0.3) is 0 Å². The summed E-state index contributed by atoms with van der Waals surface area (Å²) in [5.41, 5.74) is 3.23. The summed E-state index contributed by atoms with van der Waals surface area (Å²) in [4.78, 5) is 0. The van der Waals surface area contributed by atoms with Gasteiger partial charge in [0.2, 0.25) is 0 Å². The van der Waals surface area contributed by atoms with Crippen LogP contribution >= 0.6 is 11.5 Å². The number of hydrogen-bond donors (Lipinski definition) is 0. The van der Waals surface area contributed by atoms with Gasteiger partial charge in [0, 0.05) is 0 Å². The first kappa shape index (κ1) is 17.2. The van der Waals surface area contributed by atoms with Crippen molar-refractivity contribution in [3.05, 3.63) is 66.3 Å². The quantitative estimate of drug-likeness (QED) is 0.640. The molecule has 0 atom stereocenters. The van der Waals surface area contributed by atoms with Crippen LogP contribution in [0.3, 0.4) is 0 Å². The fraction of sp³-hybridized carbons (Fsp3) is 0.333. The normalized spacial score (nSPS) is 15.8. The Morgan fingerprint density at radius 2 is 1.77 bits per heavy atom. The second-order valence-electron chi connectivity index (χ2n) is 7.36. The van der Waals surface area contributed by atoms with Gasteiger partial charge in [-0.1, -0.05) is 76.9 Å². The van der Waals surface area contributed by atoms with Gasteiger partial charge < -0.3 is 4.48 Å². The van der Waals surface area contributed by atoms with Crippen molar-refractivity contribution in [2.45, 2.75) is 38.9 Å². The zero-order valence-electron chi connectivity index (χ0n) is 14.2. The molecule has 116 valence electrons. The second kappa shape index (κ2) is 6.13. The molecule has 1 nitrogen and oxygen atoms in total. The molecular weight excluding hydrogens is 305 g/mol. The molecule has 4 heteroatoms. The summed E-state index contributed by atoms with van der Waals surface area (Å²) < 4.78 is 2.37. The van der Waals surface area contributed by atoms with Crippen LogP contribution in [-0.4, -0.2) is 19.0 Å². The number of hydrogen-bond acceptors (Lipinski definition) is 1. The summed E-state index contributed by atoms with van der Waals surface area (Å²) in [7, 11) is -1.72. The van der Waals surface area contributed by atoms with Crippen LogP contribution in [0, 0.1) is 0 Å². The molecule has 0 unspecified atom stereocenters. The summed E-state index contributed by atoms with van der Waals surface area (Å²) in [5.74, 6) is 0. The Balaban J connectivity index is 2.32. The molecule has 0 bridgehead atoms. The van der Waals surface area contributed by atoms with Crippen molar-refractivity contribution >= 4 is 31.5 Å². The predicted octanol–water partition coefficient (Wildman–Crippen LogP) is 5.73. The van der Waals surface area contributed by atoms with Crippen LogP contribution in [0.15, 0.2) is 60.7 Å². The first-order chi connectivity index (χ1) is 10.2. The average molecular weight is 330 g/mol.